The van der Waals surface area contributed by atoms with E-state index in [0.717, 1.165) is 9.10 Å². The second kappa shape index (κ2) is 8.06. The molecule has 1 aromatic carbocycles. The molecule has 0 fully saturated rings. The average Bonchev–Trinajstić information content (AvgIpc) is 2.81. The van der Waals surface area contributed by atoms with Gasteiger partial charge in [-0.15, -0.1) is 24.5 Å². The highest BCUT2D eigenvalue weighted by atomic mass is 32.2. The highest BCUT2D eigenvalue weighted by Gasteiger charge is 2.30. The minimum Gasteiger partial charge on any atom is -0.406 e. The Morgan fingerprint density at radius 3 is 2.27 bits per heavy atom. The minimum atomic E-state index is -4.70. The average molecular weight is 350 g/mol. The van der Waals surface area contributed by atoms with Gasteiger partial charge in [0.1, 0.15) is 5.75 Å². The van der Waals surface area contributed by atoms with Crippen molar-refractivity contribution in [2.24, 2.45) is 5.73 Å². The number of anilines is 1. The number of hydrogen-bond acceptors (Lipinski definition) is 6. The lowest BCUT2D eigenvalue weighted by molar-refractivity contribution is -0.274. The molecule has 2 aromatic rings. The number of aldehydes is 1. The number of thiophene rings is 1. The molecule has 0 aliphatic carbocycles. The molecule has 0 bridgehead atoms. The van der Waals surface area contributed by atoms with E-state index >= 15 is 0 Å². The van der Waals surface area contributed by atoms with Crippen LogP contribution in [0.15, 0.2) is 39.4 Å². The largest absolute Gasteiger partial charge is 0.573 e. The molecule has 120 valence electrons. The Morgan fingerprint density at radius 2 is 1.82 bits per heavy atom. The standard InChI is InChI=1S/C12H8F3NO2S2.CH5N/c13-12(14,15)18-8-1-3-9(4-2-8)19-10-5-7(6-17)11(16)20-10;1-2/h1-6H,16H2;2H2,1H3. The summed E-state index contributed by atoms with van der Waals surface area (Å²) in [5.74, 6) is -0.277. The smallest absolute Gasteiger partial charge is 0.406 e. The number of rotatable bonds is 4. The summed E-state index contributed by atoms with van der Waals surface area (Å²) in [6, 6.07) is 7.10. The molecule has 0 spiro atoms. The van der Waals surface area contributed by atoms with E-state index in [4.69, 9.17) is 5.73 Å². The molecule has 1 aromatic heterocycles. The fraction of sp³-hybridized carbons (Fsp3) is 0.154. The second-order valence-electron chi connectivity index (χ2n) is 3.62. The van der Waals surface area contributed by atoms with Gasteiger partial charge in [0.25, 0.3) is 0 Å². The third kappa shape index (κ3) is 5.58. The number of nitrogen functional groups attached to an aromatic ring is 1. The normalized spacial score (nSPS) is 10.6. The van der Waals surface area contributed by atoms with Crippen LogP contribution in [-0.2, 0) is 0 Å². The molecule has 0 aliphatic rings. The molecule has 0 amide bonds. The van der Waals surface area contributed by atoms with Gasteiger partial charge in [0.05, 0.1) is 9.21 Å². The molecule has 0 aliphatic heterocycles. The third-order valence-corrected chi connectivity index (χ3v) is 4.27. The maximum Gasteiger partial charge on any atom is 0.573 e. The molecule has 4 N–H and O–H groups in total. The molecule has 0 unspecified atom stereocenters. The van der Waals surface area contributed by atoms with Crippen LogP contribution in [0, 0.1) is 0 Å². The number of carbonyl (C=O) groups excluding carboxylic acids is 1. The summed E-state index contributed by atoms with van der Waals surface area (Å²) in [5.41, 5.74) is 10.5. The number of halogens is 3. The Labute approximate surface area is 133 Å². The molecule has 0 saturated carbocycles. The van der Waals surface area contributed by atoms with Crippen molar-refractivity contribution < 1.29 is 22.7 Å². The maximum absolute atomic E-state index is 12.0. The molecular weight excluding hydrogens is 337 g/mol. The first-order valence-electron chi connectivity index (χ1n) is 5.83. The highest BCUT2D eigenvalue weighted by molar-refractivity contribution is 8.01. The van der Waals surface area contributed by atoms with Gasteiger partial charge in [-0.3, -0.25) is 4.79 Å². The fourth-order valence-corrected chi connectivity index (χ4v) is 3.41. The summed E-state index contributed by atoms with van der Waals surface area (Å²) in [7, 11) is 1.50. The van der Waals surface area contributed by atoms with Crippen LogP contribution < -0.4 is 16.2 Å². The lowest BCUT2D eigenvalue weighted by Gasteiger charge is -2.08. The Balaban J connectivity index is 0.00000116. The zero-order valence-electron chi connectivity index (χ0n) is 11.4. The van der Waals surface area contributed by atoms with Crippen LogP contribution in [0.5, 0.6) is 5.75 Å². The summed E-state index contributed by atoms with van der Waals surface area (Å²) in [4.78, 5) is 11.4. The molecule has 9 heteroatoms. The molecule has 0 saturated heterocycles. The van der Waals surface area contributed by atoms with Gasteiger partial charge in [-0.1, -0.05) is 11.8 Å². The van der Waals surface area contributed by atoms with Crippen molar-refractivity contribution in [1.29, 1.82) is 0 Å². The van der Waals surface area contributed by atoms with E-state index in [1.807, 2.05) is 0 Å². The maximum atomic E-state index is 12.0. The van der Waals surface area contributed by atoms with E-state index in [9.17, 15) is 18.0 Å². The van der Waals surface area contributed by atoms with Crippen LogP contribution in [0.3, 0.4) is 0 Å². The van der Waals surface area contributed by atoms with Gasteiger partial charge in [-0.05, 0) is 37.4 Å². The minimum absolute atomic E-state index is 0.277. The number of carbonyl (C=O) groups is 1. The number of ether oxygens (including phenoxy) is 1. The summed E-state index contributed by atoms with van der Waals surface area (Å²) >= 11 is 2.55. The SMILES string of the molecule is CN.Nc1sc(Sc2ccc(OC(F)(F)F)cc2)cc1C=O. The molecule has 1 heterocycles. The molecule has 4 nitrogen and oxygen atoms in total. The van der Waals surface area contributed by atoms with E-state index in [1.165, 1.54) is 54.4 Å². The summed E-state index contributed by atoms with van der Waals surface area (Å²) in [5, 5.41) is 0.416. The summed E-state index contributed by atoms with van der Waals surface area (Å²) in [6.07, 6.45) is -4.04. The third-order valence-electron chi connectivity index (χ3n) is 2.17. The Kier molecular flexibility index (Phi) is 6.72. The first-order valence-corrected chi connectivity index (χ1v) is 7.46. The molecular formula is C13H13F3N2O2S2. The van der Waals surface area contributed by atoms with Gasteiger partial charge in [-0.2, -0.15) is 0 Å². The van der Waals surface area contributed by atoms with Gasteiger partial charge in [0.2, 0.25) is 0 Å². The van der Waals surface area contributed by atoms with Gasteiger partial charge >= 0.3 is 6.36 Å². The molecule has 22 heavy (non-hydrogen) atoms. The van der Waals surface area contributed by atoms with Crippen LogP contribution in [0.4, 0.5) is 18.2 Å². The van der Waals surface area contributed by atoms with E-state index in [0.29, 0.717) is 16.9 Å². The summed E-state index contributed by atoms with van der Waals surface area (Å²) < 4.78 is 40.6. The number of nitrogens with two attached hydrogens (primary N) is 2. The van der Waals surface area contributed by atoms with Gasteiger partial charge in [0, 0.05) is 10.5 Å². The van der Waals surface area contributed by atoms with E-state index in [1.54, 1.807) is 6.07 Å². The molecule has 2 rings (SSSR count). The zero-order valence-corrected chi connectivity index (χ0v) is 13.0. The van der Waals surface area contributed by atoms with Crippen molar-refractivity contribution in [3.05, 3.63) is 35.9 Å². The van der Waals surface area contributed by atoms with Crippen LogP contribution in [0.2, 0.25) is 0 Å². The second-order valence-corrected chi connectivity index (χ2v) is 6.08. The Morgan fingerprint density at radius 1 is 1.23 bits per heavy atom. The van der Waals surface area contributed by atoms with Crippen molar-refractivity contribution in [1.82, 2.24) is 0 Å². The lowest BCUT2D eigenvalue weighted by atomic mass is 10.3. The van der Waals surface area contributed by atoms with Crippen LogP contribution in [-0.4, -0.2) is 19.7 Å². The number of alkyl halides is 3. The Bertz CT molecular complexity index is 613. The zero-order chi connectivity index (χ0) is 16.8. The van der Waals surface area contributed by atoms with Gasteiger partial charge in [0.15, 0.2) is 6.29 Å². The predicted octanol–water partition coefficient (Wildman–Crippen LogP) is 3.77. The number of hydrogen-bond donors (Lipinski definition) is 2. The quantitative estimate of drug-likeness (QED) is 0.821. The number of benzene rings is 1. The Hall–Kier alpha value is -1.71. The fourth-order valence-electron chi connectivity index (χ4n) is 1.36. The first-order chi connectivity index (χ1) is 10.4. The van der Waals surface area contributed by atoms with E-state index in [-0.39, 0.29) is 5.75 Å². The van der Waals surface area contributed by atoms with Crippen molar-refractivity contribution in [3.8, 4) is 5.75 Å². The van der Waals surface area contributed by atoms with E-state index in [2.05, 4.69) is 10.5 Å². The topological polar surface area (TPSA) is 78.3 Å². The summed E-state index contributed by atoms with van der Waals surface area (Å²) in [6.45, 7) is 0. The van der Waals surface area contributed by atoms with Gasteiger partial charge < -0.3 is 16.2 Å². The highest BCUT2D eigenvalue weighted by Crippen LogP contribution is 2.37. The predicted molar refractivity (Wildman–Crippen MR) is 81.5 cm³/mol. The van der Waals surface area contributed by atoms with Gasteiger partial charge in [-0.25, -0.2) is 0 Å². The van der Waals surface area contributed by atoms with Crippen molar-refractivity contribution in [2.45, 2.75) is 15.5 Å². The molecule has 0 radical (unpaired) electrons. The monoisotopic (exact) mass is 350 g/mol. The molecule has 0 atom stereocenters. The lowest BCUT2D eigenvalue weighted by Crippen LogP contribution is -2.16. The van der Waals surface area contributed by atoms with E-state index < -0.39 is 6.36 Å². The van der Waals surface area contributed by atoms with Crippen LogP contribution in [0.1, 0.15) is 10.4 Å². The van der Waals surface area contributed by atoms with Crippen molar-refractivity contribution >= 4 is 34.4 Å². The van der Waals surface area contributed by atoms with Crippen molar-refractivity contribution in [3.63, 3.8) is 0 Å². The van der Waals surface area contributed by atoms with Crippen LogP contribution >= 0.6 is 23.1 Å². The van der Waals surface area contributed by atoms with Crippen LogP contribution in [0.25, 0.3) is 0 Å². The first kappa shape index (κ1) is 18.3. The van der Waals surface area contributed by atoms with Crippen molar-refractivity contribution in [2.75, 3.05) is 12.8 Å².